The minimum atomic E-state index is -0.131. The second-order valence-corrected chi connectivity index (χ2v) is 7.94. The molecule has 3 rings (SSSR count). The molecule has 2 aromatic rings. The van der Waals surface area contributed by atoms with Crippen LogP contribution in [-0.2, 0) is 6.54 Å². The van der Waals surface area contributed by atoms with Gasteiger partial charge in [-0.05, 0) is 62.2 Å². The monoisotopic (exact) mass is 451 g/mol. The molecule has 1 aliphatic rings. The van der Waals surface area contributed by atoms with Crippen LogP contribution in [0.2, 0.25) is 5.02 Å². The normalized spacial score (nSPS) is 14.0. The maximum absolute atomic E-state index is 13.1. The van der Waals surface area contributed by atoms with Gasteiger partial charge in [0.15, 0.2) is 0 Å². The Morgan fingerprint density at radius 2 is 1.83 bits per heavy atom. The SMILES string of the molecule is COc1ccc(CN(CCN2CCCCC2)C(=O)Nc2c(C)cccc2Cl)cc1.Cl. The van der Waals surface area contributed by atoms with E-state index in [0.29, 0.717) is 23.8 Å². The summed E-state index contributed by atoms with van der Waals surface area (Å²) in [6, 6.07) is 13.4. The van der Waals surface area contributed by atoms with E-state index in [2.05, 4.69) is 10.2 Å². The molecular formula is C23H31Cl2N3O2. The Kier molecular flexibility index (Phi) is 9.76. The summed E-state index contributed by atoms with van der Waals surface area (Å²) in [7, 11) is 1.65. The number of para-hydroxylation sites is 1. The first-order valence-corrected chi connectivity index (χ1v) is 10.6. The lowest BCUT2D eigenvalue weighted by molar-refractivity contribution is 0.178. The summed E-state index contributed by atoms with van der Waals surface area (Å²) in [4.78, 5) is 17.4. The summed E-state index contributed by atoms with van der Waals surface area (Å²) >= 11 is 6.32. The number of anilines is 1. The van der Waals surface area contributed by atoms with Gasteiger partial charge in [0.2, 0.25) is 0 Å². The number of hydrogen-bond acceptors (Lipinski definition) is 3. The van der Waals surface area contributed by atoms with Crippen molar-refractivity contribution in [1.29, 1.82) is 0 Å². The predicted octanol–water partition coefficient (Wildman–Crippen LogP) is 5.60. The number of piperidine rings is 1. The third kappa shape index (κ3) is 6.79. The topological polar surface area (TPSA) is 44.8 Å². The van der Waals surface area contributed by atoms with Crippen LogP contribution in [0.4, 0.5) is 10.5 Å². The minimum Gasteiger partial charge on any atom is -0.497 e. The summed E-state index contributed by atoms with van der Waals surface area (Å²) in [6.07, 6.45) is 3.78. The molecule has 2 amide bonds. The number of hydrogen-bond donors (Lipinski definition) is 1. The zero-order chi connectivity index (χ0) is 20.6. The van der Waals surface area contributed by atoms with Crippen LogP contribution in [0, 0.1) is 6.92 Å². The van der Waals surface area contributed by atoms with Crippen molar-refractivity contribution < 1.29 is 9.53 Å². The van der Waals surface area contributed by atoms with Crippen LogP contribution in [-0.4, -0.2) is 49.1 Å². The second kappa shape index (κ2) is 12.0. The molecule has 0 unspecified atom stereocenters. The molecule has 0 atom stereocenters. The molecule has 0 bridgehead atoms. The molecule has 30 heavy (non-hydrogen) atoms. The van der Waals surface area contributed by atoms with Crippen LogP contribution < -0.4 is 10.1 Å². The maximum atomic E-state index is 13.1. The molecule has 0 spiro atoms. The number of methoxy groups -OCH3 is 1. The lowest BCUT2D eigenvalue weighted by Gasteiger charge is -2.30. The van der Waals surface area contributed by atoms with E-state index in [-0.39, 0.29) is 18.4 Å². The summed E-state index contributed by atoms with van der Waals surface area (Å²) in [6.45, 7) is 6.26. The lowest BCUT2D eigenvalue weighted by Crippen LogP contribution is -2.42. The predicted molar refractivity (Wildman–Crippen MR) is 126 cm³/mol. The average molecular weight is 452 g/mol. The molecule has 0 saturated carbocycles. The van der Waals surface area contributed by atoms with Crippen molar-refractivity contribution in [3.8, 4) is 5.75 Å². The van der Waals surface area contributed by atoms with Gasteiger partial charge in [-0.15, -0.1) is 12.4 Å². The van der Waals surface area contributed by atoms with Crippen molar-refractivity contribution in [2.24, 2.45) is 0 Å². The van der Waals surface area contributed by atoms with Gasteiger partial charge in [-0.1, -0.05) is 42.3 Å². The van der Waals surface area contributed by atoms with E-state index in [0.717, 1.165) is 36.5 Å². The highest BCUT2D eigenvalue weighted by molar-refractivity contribution is 6.33. The number of urea groups is 1. The number of nitrogens with zero attached hydrogens (tertiary/aromatic N) is 2. The summed E-state index contributed by atoms with van der Waals surface area (Å²) in [5.74, 6) is 0.810. The molecule has 1 fully saturated rings. The second-order valence-electron chi connectivity index (χ2n) is 7.53. The quantitative estimate of drug-likeness (QED) is 0.595. The largest absolute Gasteiger partial charge is 0.497 e. The zero-order valence-corrected chi connectivity index (χ0v) is 19.3. The zero-order valence-electron chi connectivity index (χ0n) is 17.7. The van der Waals surface area contributed by atoms with Gasteiger partial charge in [-0.25, -0.2) is 4.79 Å². The number of aryl methyl sites for hydroxylation is 1. The Labute approximate surface area is 190 Å². The molecule has 0 radical (unpaired) electrons. The van der Waals surface area contributed by atoms with Gasteiger partial charge in [-0.2, -0.15) is 0 Å². The molecule has 1 saturated heterocycles. The third-order valence-corrected chi connectivity index (χ3v) is 5.72. The van der Waals surface area contributed by atoms with Gasteiger partial charge in [0.25, 0.3) is 0 Å². The summed E-state index contributed by atoms with van der Waals surface area (Å²) in [5, 5.41) is 3.58. The fourth-order valence-electron chi connectivity index (χ4n) is 3.63. The first-order chi connectivity index (χ1) is 14.1. The highest BCUT2D eigenvalue weighted by atomic mass is 35.5. The van der Waals surface area contributed by atoms with E-state index in [4.69, 9.17) is 16.3 Å². The van der Waals surface area contributed by atoms with Gasteiger partial charge in [0.05, 0.1) is 17.8 Å². The van der Waals surface area contributed by atoms with Crippen LogP contribution in [0.25, 0.3) is 0 Å². The van der Waals surface area contributed by atoms with E-state index < -0.39 is 0 Å². The Hall–Kier alpha value is -1.95. The molecular weight excluding hydrogens is 421 g/mol. The van der Waals surface area contributed by atoms with Gasteiger partial charge in [0.1, 0.15) is 5.75 Å². The Bertz CT molecular complexity index is 788. The number of ether oxygens (including phenoxy) is 1. The maximum Gasteiger partial charge on any atom is 0.322 e. The van der Waals surface area contributed by atoms with E-state index in [1.165, 1.54) is 19.3 Å². The number of halogens is 2. The van der Waals surface area contributed by atoms with Gasteiger partial charge >= 0.3 is 6.03 Å². The van der Waals surface area contributed by atoms with Gasteiger partial charge in [-0.3, -0.25) is 0 Å². The fourth-order valence-corrected chi connectivity index (χ4v) is 3.89. The van der Waals surface area contributed by atoms with Gasteiger partial charge < -0.3 is 19.9 Å². The number of carbonyl (C=O) groups excluding carboxylic acids is 1. The Morgan fingerprint density at radius 3 is 2.47 bits per heavy atom. The molecule has 1 N–H and O–H groups in total. The van der Waals surface area contributed by atoms with E-state index in [1.807, 2.05) is 48.2 Å². The minimum absolute atomic E-state index is 0. The smallest absolute Gasteiger partial charge is 0.322 e. The highest BCUT2D eigenvalue weighted by Crippen LogP contribution is 2.26. The highest BCUT2D eigenvalue weighted by Gasteiger charge is 2.19. The Morgan fingerprint density at radius 1 is 1.13 bits per heavy atom. The molecule has 0 aromatic heterocycles. The number of rotatable bonds is 7. The van der Waals surface area contributed by atoms with Crippen molar-refractivity contribution in [1.82, 2.24) is 9.80 Å². The molecule has 164 valence electrons. The number of benzene rings is 2. The van der Waals surface area contributed by atoms with E-state index in [1.54, 1.807) is 13.2 Å². The van der Waals surface area contributed by atoms with Crippen molar-refractivity contribution >= 4 is 35.7 Å². The number of carbonyl (C=O) groups is 1. The average Bonchev–Trinajstić information content (AvgIpc) is 2.75. The summed E-state index contributed by atoms with van der Waals surface area (Å²) in [5.41, 5.74) is 2.69. The first kappa shape index (κ1) is 24.3. The van der Waals surface area contributed by atoms with Crippen LogP contribution in [0.5, 0.6) is 5.75 Å². The van der Waals surface area contributed by atoms with Crippen molar-refractivity contribution in [3.05, 3.63) is 58.6 Å². The van der Waals surface area contributed by atoms with Crippen molar-refractivity contribution in [3.63, 3.8) is 0 Å². The van der Waals surface area contributed by atoms with Gasteiger partial charge in [0, 0.05) is 19.6 Å². The van der Waals surface area contributed by atoms with Crippen LogP contribution in [0.15, 0.2) is 42.5 Å². The van der Waals surface area contributed by atoms with Crippen LogP contribution in [0.1, 0.15) is 30.4 Å². The standard InChI is InChI=1S/C23H30ClN3O2.ClH/c1-18-7-6-8-21(24)22(18)25-23(28)27(16-15-26-13-4-3-5-14-26)17-19-9-11-20(29-2)12-10-19;/h6-12H,3-5,13-17H2,1-2H3,(H,25,28);1H. The molecule has 7 heteroatoms. The lowest BCUT2D eigenvalue weighted by atomic mass is 10.1. The molecule has 1 heterocycles. The fraction of sp³-hybridized carbons (Fsp3) is 0.435. The van der Waals surface area contributed by atoms with Crippen LogP contribution >= 0.6 is 24.0 Å². The van der Waals surface area contributed by atoms with Crippen LogP contribution in [0.3, 0.4) is 0 Å². The molecule has 5 nitrogen and oxygen atoms in total. The number of likely N-dealkylation sites (tertiary alicyclic amines) is 1. The molecule has 2 aromatic carbocycles. The van der Waals surface area contributed by atoms with E-state index >= 15 is 0 Å². The molecule has 0 aliphatic carbocycles. The summed E-state index contributed by atoms with van der Waals surface area (Å²) < 4.78 is 5.24. The van der Waals surface area contributed by atoms with Crippen molar-refractivity contribution in [2.75, 3.05) is 38.6 Å². The first-order valence-electron chi connectivity index (χ1n) is 10.2. The Balaban J connectivity index is 0.00000320. The molecule has 1 aliphatic heterocycles. The van der Waals surface area contributed by atoms with E-state index in [9.17, 15) is 4.79 Å². The number of nitrogens with one attached hydrogen (secondary N) is 1. The number of amides is 2. The third-order valence-electron chi connectivity index (χ3n) is 5.41. The van der Waals surface area contributed by atoms with Crippen molar-refractivity contribution in [2.45, 2.75) is 32.7 Å².